The molecule has 0 heterocycles. The minimum atomic E-state index is -3.51. The molecular weight excluding hydrogens is 205 g/mol. The number of benzene rings is 1. The number of sulfone groups is 1. The number of halogens is 1. The van der Waals surface area contributed by atoms with Crippen LogP contribution in [0.5, 0.6) is 0 Å². The summed E-state index contributed by atoms with van der Waals surface area (Å²) in [5.41, 5.74) is 5.61. The van der Waals surface area contributed by atoms with E-state index in [1.807, 2.05) is 0 Å². The van der Waals surface area contributed by atoms with Gasteiger partial charge in [-0.15, -0.1) is 0 Å². The summed E-state index contributed by atoms with van der Waals surface area (Å²) in [4.78, 5) is 0.0615. The zero-order valence-corrected chi connectivity index (χ0v) is 8.81. The Hall–Kier alpha value is -0.940. The van der Waals surface area contributed by atoms with Gasteiger partial charge < -0.3 is 5.73 Å². The highest BCUT2D eigenvalue weighted by molar-refractivity contribution is 7.92. The van der Waals surface area contributed by atoms with Crippen LogP contribution < -0.4 is 5.73 Å². The Balaban J connectivity index is 3.29. The number of aryl methyl sites for hydroxylation is 1. The molecule has 0 aliphatic carbocycles. The predicted molar refractivity (Wildman–Crippen MR) is 52.0 cm³/mol. The first kappa shape index (κ1) is 11.1. The largest absolute Gasteiger partial charge is 0.315 e. The van der Waals surface area contributed by atoms with Crippen LogP contribution in [0.25, 0.3) is 0 Å². The van der Waals surface area contributed by atoms with E-state index >= 15 is 0 Å². The van der Waals surface area contributed by atoms with Crippen molar-refractivity contribution in [2.24, 2.45) is 5.73 Å². The molecule has 0 aliphatic rings. The van der Waals surface area contributed by atoms with Gasteiger partial charge in [0.25, 0.3) is 0 Å². The van der Waals surface area contributed by atoms with Crippen LogP contribution in [0, 0.1) is 12.7 Å². The maximum absolute atomic E-state index is 12.9. The van der Waals surface area contributed by atoms with Crippen molar-refractivity contribution < 1.29 is 12.8 Å². The van der Waals surface area contributed by atoms with Crippen LogP contribution in [0.2, 0.25) is 0 Å². The maximum atomic E-state index is 12.9. The van der Waals surface area contributed by atoms with Crippen molar-refractivity contribution >= 4 is 9.84 Å². The Labute approximate surface area is 82.7 Å². The molecule has 0 aliphatic heterocycles. The Kier molecular flexibility index (Phi) is 2.92. The smallest absolute Gasteiger partial charge is 0.193 e. The lowest BCUT2D eigenvalue weighted by atomic mass is 10.2. The molecule has 0 aromatic heterocycles. The zero-order valence-electron chi connectivity index (χ0n) is 7.99. The quantitative estimate of drug-likeness (QED) is 0.757. The Morgan fingerprint density at radius 1 is 1.43 bits per heavy atom. The van der Waals surface area contributed by atoms with Gasteiger partial charge in [-0.1, -0.05) is 0 Å². The highest BCUT2D eigenvalue weighted by atomic mass is 32.2. The molecule has 1 aromatic carbocycles. The molecule has 0 bridgehead atoms. The van der Waals surface area contributed by atoms with Gasteiger partial charge in [-0.2, -0.15) is 0 Å². The van der Waals surface area contributed by atoms with E-state index < -0.39 is 21.0 Å². The molecule has 0 radical (unpaired) electrons. The van der Waals surface area contributed by atoms with E-state index in [4.69, 9.17) is 5.73 Å². The molecule has 3 nitrogen and oxygen atoms in total. The standard InChI is InChI=1S/C9H12FNO2S/c1-6-5-8(3-4-9(6)10)14(12,13)7(2)11/h3-5,7H,11H2,1-2H3. The summed E-state index contributed by atoms with van der Waals surface area (Å²) in [6, 6.07) is 3.64. The number of nitrogens with two attached hydrogens (primary N) is 1. The van der Waals surface area contributed by atoms with Gasteiger partial charge in [0.1, 0.15) is 11.2 Å². The second kappa shape index (κ2) is 3.67. The highest BCUT2D eigenvalue weighted by Crippen LogP contribution is 2.16. The molecule has 0 fully saturated rings. The van der Waals surface area contributed by atoms with Gasteiger partial charge in [0, 0.05) is 0 Å². The van der Waals surface area contributed by atoms with Gasteiger partial charge in [0.15, 0.2) is 9.84 Å². The fourth-order valence-corrected chi connectivity index (χ4v) is 2.04. The minimum Gasteiger partial charge on any atom is -0.315 e. The molecule has 78 valence electrons. The van der Waals surface area contributed by atoms with E-state index in [0.717, 1.165) is 6.07 Å². The SMILES string of the molecule is Cc1cc(S(=O)(=O)C(C)N)ccc1F. The third-order valence-corrected chi connectivity index (χ3v) is 3.84. The monoisotopic (exact) mass is 217 g/mol. The maximum Gasteiger partial charge on any atom is 0.193 e. The number of hydrogen-bond acceptors (Lipinski definition) is 3. The van der Waals surface area contributed by atoms with Crippen LogP contribution in [-0.4, -0.2) is 13.8 Å². The minimum absolute atomic E-state index is 0.0615. The van der Waals surface area contributed by atoms with Crippen molar-refractivity contribution in [1.82, 2.24) is 0 Å². The third-order valence-electron chi connectivity index (χ3n) is 1.95. The highest BCUT2D eigenvalue weighted by Gasteiger charge is 2.19. The molecule has 1 aromatic rings. The Morgan fingerprint density at radius 2 is 2.00 bits per heavy atom. The summed E-state index contributed by atoms with van der Waals surface area (Å²) in [5, 5.41) is -0.979. The first-order valence-electron chi connectivity index (χ1n) is 4.11. The third kappa shape index (κ3) is 1.93. The summed E-state index contributed by atoms with van der Waals surface area (Å²) < 4.78 is 36.0. The summed E-state index contributed by atoms with van der Waals surface area (Å²) in [7, 11) is -3.51. The second-order valence-corrected chi connectivity index (χ2v) is 5.47. The molecule has 0 spiro atoms. The lowest BCUT2D eigenvalue weighted by Gasteiger charge is -2.08. The first-order chi connectivity index (χ1) is 6.35. The van der Waals surface area contributed by atoms with Crippen molar-refractivity contribution in [1.29, 1.82) is 0 Å². The number of hydrogen-bond donors (Lipinski definition) is 1. The molecule has 1 unspecified atom stereocenters. The molecule has 0 saturated carbocycles. The van der Waals surface area contributed by atoms with Gasteiger partial charge in [0.2, 0.25) is 0 Å². The summed E-state index contributed by atoms with van der Waals surface area (Å²) in [6.45, 7) is 2.89. The molecule has 5 heteroatoms. The Bertz CT molecular complexity index is 440. The molecule has 1 rings (SSSR count). The molecule has 0 saturated heterocycles. The van der Waals surface area contributed by atoms with Crippen LogP contribution in [0.3, 0.4) is 0 Å². The summed E-state index contributed by atoms with van der Waals surface area (Å²) in [6.07, 6.45) is 0. The van der Waals surface area contributed by atoms with E-state index in [9.17, 15) is 12.8 Å². The fraction of sp³-hybridized carbons (Fsp3) is 0.333. The lowest BCUT2D eigenvalue weighted by Crippen LogP contribution is -2.27. The van der Waals surface area contributed by atoms with Crippen molar-refractivity contribution in [2.75, 3.05) is 0 Å². The van der Waals surface area contributed by atoms with Crippen molar-refractivity contribution in [3.63, 3.8) is 0 Å². The Morgan fingerprint density at radius 3 is 2.43 bits per heavy atom. The normalized spacial score (nSPS) is 14.0. The van der Waals surface area contributed by atoms with Crippen molar-refractivity contribution in [2.45, 2.75) is 24.1 Å². The van der Waals surface area contributed by atoms with Crippen LogP contribution in [-0.2, 0) is 9.84 Å². The predicted octanol–water partition coefficient (Wildman–Crippen LogP) is 1.21. The van der Waals surface area contributed by atoms with Crippen molar-refractivity contribution in [3.05, 3.63) is 29.6 Å². The summed E-state index contributed by atoms with van der Waals surface area (Å²) >= 11 is 0. The zero-order chi connectivity index (χ0) is 10.9. The van der Waals surface area contributed by atoms with E-state index in [2.05, 4.69) is 0 Å². The van der Waals surface area contributed by atoms with Crippen LogP contribution in [0.4, 0.5) is 4.39 Å². The van der Waals surface area contributed by atoms with Crippen LogP contribution in [0.1, 0.15) is 12.5 Å². The van der Waals surface area contributed by atoms with Crippen molar-refractivity contribution in [3.8, 4) is 0 Å². The van der Waals surface area contributed by atoms with Crippen LogP contribution in [0.15, 0.2) is 23.1 Å². The molecule has 1 atom stereocenters. The average Bonchev–Trinajstić information content (AvgIpc) is 2.09. The van der Waals surface area contributed by atoms with Gasteiger partial charge in [-0.3, -0.25) is 0 Å². The van der Waals surface area contributed by atoms with E-state index in [1.165, 1.54) is 26.0 Å². The van der Waals surface area contributed by atoms with Crippen LogP contribution >= 0.6 is 0 Å². The topological polar surface area (TPSA) is 60.2 Å². The van der Waals surface area contributed by atoms with Gasteiger partial charge in [-0.05, 0) is 37.6 Å². The van der Waals surface area contributed by atoms with E-state index in [-0.39, 0.29) is 4.90 Å². The molecule has 14 heavy (non-hydrogen) atoms. The van der Waals surface area contributed by atoms with Gasteiger partial charge in [0.05, 0.1) is 4.90 Å². The lowest BCUT2D eigenvalue weighted by molar-refractivity contribution is 0.583. The molecule has 0 amide bonds. The first-order valence-corrected chi connectivity index (χ1v) is 5.66. The summed E-state index contributed by atoms with van der Waals surface area (Å²) in [5.74, 6) is -0.423. The molecule has 2 N–H and O–H groups in total. The van der Waals surface area contributed by atoms with E-state index in [1.54, 1.807) is 0 Å². The average molecular weight is 217 g/mol. The number of rotatable bonds is 2. The second-order valence-electron chi connectivity index (χ2n) is 3.16. The van der Waals surface area contributed by atoms with E-state index in [0.29, 0.717) is 5.56 Å². The van der Waals surface area contributed by atoms with Gasteiger partial charge >= 0.3 is 0 Å². The fourth-order valence-electron chi connectivity index (χ4n) is 1.01. The van der Waals surface area contributed by atoms with Gasteiger partial charge in [-0.25, -0.2) is 12.8 Å². The molecular formula is C9H12FNO2S.